The van der Waals surface area contributed by atoms with Crippen molar-refractivity contribution in [2.45, 2.75) is 12.8 Å². The summed E-state index contributed by atoms with van der Waals surface area (Å²) in [4.78, 5) is 17.1. The molecule has 1 aromatic heterocycles. The molecule has 0 aromatic carbocycles. The summed E-state index contributed by atoms with van der Waals surface area (Å²) in [6.07, 6.45) is 0.594. The van der Waals surface area contributed by atoms with Gasteiger partial charge in [0.05, 0.1) is 24.6 Å². The van der Waals surface area contributed by atoms with Crippen LogP contribution in [-0.2, 0) is 11.2 Å². The Hall–Kier alpha value is -1.61. The van der Waals surface area contributed by atoms with Gasteiger partial charge in [-0.1, -0.05) is 0 Å². The second-order valence-electron chi connectivity index (χ2n) is 3.08. The minimum Gasteiger partial charge on any atom is -0.375 e. The number of carbonyl (C=O) groups is 1. The molecule has 1 rings (SSSR count). The van der Waals surface area contributed by atoms with Gasteiger partial charge in [-0.2, -0.15) is 5.26 Å². The van der Waals surface area contributed by atoms with Crippen LogP contribution >= 0.6 is 11.3 Å². The number of nitrogen functional groups attached to an aromatic ring is 1. The van der Waals surface area contributed by atoms with Gasteiger partial charge in [0.1, 0.15) is 0 Å². The van der Waals surface area contributed by atoms with Gasteiger partial charge in [0.2, 0.25) is 5.91 Å². The lowest BCUT2D eigenvalue weighted by atomic mass is 10.3. The first-order chi connectivity index (χ1) is 7.13. The Labute approximate surface area is 92.1 Å². The summed E-state index contributed by atoms with van der Waals surface area (Å²) in [6.45, 7) is 0.453. The zero-order valence-electron chi connectivity index (χ0n) is 8.43. The molecule has 5 nitrogen and oxygen atoms in total. The summed E-state index contributed by atoms with van der Waals surface area (Å²) in [5.74, 6) is -0.0458. The lowest BCUT2D eigenvalue weighted by Crippen LogP contribution is -2.29. The number of rotatable bonds is 4. The lowest BCUT2D eigenvalue weighted by molar-refractivity contribution is -0.129. The fraction of sp³-hybridized carbons (Fsp3) is 0.444. The number of likely N-dealkylation sites (N-methyl/N-ethyl adjacent to an activating group) is 1. The number of carbonyl (C=O) groups excluding carboxylic acids is 1. The maximum absolute atomic E-state index is 11.6. The molecule has 0 fully saturated rings. The van der Waals surface area contributed by atoms with Gasteiger partial charge < -0.3 is 10.6 Å². The zero-order valence-corrected chi connectivity index (χ0v) is 9.25. The molecule has 0 aliphatic rings. The summed E-state index contributed by atoms with van der Waals surface area (Å²) in [5.41, 5.74) is 6.14. The van der Waals surface area contributed by atoms with E-state index in [0.29, 0.717) is 23.8 Å². The molecule has 0 aliphatic carbocycles. The number of anilines is 1. The van der Waals surface area contributed by atoms with Gasteiger partial charge in [-0.15, -0.1) is 11.3 Å². The molecule has 0 bridgehead atoms. The van der Waals surface area contributed by atoms with Crippen molar-refractivity contribution in [2.24, 2.45) is 0 Å². The number of nitrogens with zero attached hydrogens (tertiary/aromatic N) is 3. The summed E-state index contributed by atoms with van der Waals surface area (Å²) < 4.78 is 0. The molecule has 0 saturated carbocycles. The van der Waals surface area contributed by atoms with Crippen molar-refractivity contribution in [2.75, 3.05) is 19.3 Å². The fourth-order valence-electron chi connectivity index (χ4n) is 1.04. The van der Waals surface area contributed by atoms with Gasteiger partial charge in [-0.25, -0.2) is 4.98 Å². The number of hydrogen-bond acceptors (Lipinski definition) is 5. The number of hydrogen-bond donors (Lipinski definition) is 1. The summed E-state index contributed by atoms with van der Waals surface area (Å²) >= 11 is 1.32. The molecule has 0 radical (unpaired) electrons. The largest absolute Gasteiger partial charge is 0.375 e. The van der Waals surface area contributed by atoms with Gasteiger partial charge in [0.15, 0.2) is 5.13 Å². The predicted molar refractivity (Wildman–Crippen MR) is 58.1 cm³/mol. The maximum atomic E-state index is 11.6. The van der Waals surface area contributed by atoms with Crippen molar-refractivity contribution >= 4 is 22.4 Å². The lowest BCUT2D eigenvalue weighted by Gasteiger charge is -2.14. The molecule has 0 atom stereocenters. The average molecular weight is 224 g/mol. The van der Waals surface area contributed by atoms with Gasteiger partial charge in [0, 0.05) is 19.0 Å². The van der Waals surface area contributed by atoms with Crippen molar-refractivity contribution in [3.8, 4) is 6.07 Å². The summed E-state index contributed by atoms with van der Waals surface area (Å²) in [7, 11) is 1.68. The van der Waals surface area contributed by atoms with E-state index in [1.807, 2.05) is 6.07 Å². The molecule has 0 unspecified atom stereocenters. The Morgan fingerprint density at radius 3 is 3.07 bits per heavy atom. The number of thiazole rings is 1. The van der Waals surface area contributed by atoms with E-state index >= 15 is 0 Å². The SMILES string of the molecule is CN(CCC#N)C(=O)Cc1csc(N)n1. The van der Waals surface area contributed by atoms with Crippen LogP contribution in [0.4, 0.5) is 5.13 Å². The van der Waals surface area contributed by atoms with Crippen LogP contribution < -0.4 is 5.73 Å². The van der Waals surface area contributed by atoms with Crippen molar-refractivity contribution in [3.63, 3.8) is 0 Å². The number of nitrogens with two attached hydrogens (primary N) is 1. The van der Waals surface area contributed by atoms with E-state index < -0.39 is 0 Å². The van der Waals surface area contributed by atoms with Gasteiger partial charge in [-0.3, -0.25) is 4.79 Å². The maximum Gasteiger partial charge on any atom is 0.228 e. The molecule has 0 aliphatic heterocycles. The fourth-order valence-corrected chi connectivity index (χ4v) is 1.60. The Kier molecular flexibility index (Phi) is 4.06. The van der Waals surface area contributed by atoms with E-state index in [9.17, 15) is 4.79 Å². The second kappa shape index (κ2) is 5.32. The molecular formula is C9H12N4OS. The van der Waals surface area contributed by atoms with E-state index in [1.54, 1.807) is 12.4 Å². The molecule has 1 amide bonds. The Balaban J connectivity index is 2.45. The minimum atomic E-state index is -0.0458. The Morgan fingerprint density at radius 1 is 1.80 bits per heavy atom. The molecule has 0 spiro atoms. The second-order valence-corrected chi connectivity index (χ2v) is 3.97. The molecule has 0 saturated heterocycles. The molecule has 80 valence electrons. The van der Waals surface area contributed by atoms with Crippen molar-refractivity contribution < 1.29 is 4.79 Å². The highest BCUT2D eigenvalue weighted by molar-refractivity contribution is 7.13. The number of amides is 1. The Bertz CT molecular complexity index is 382. The molecule has 1 aromatic rings. The number of aromatic nitrogens is 1. The molecule has 6 heteroatoms. The monoisotopic (exact) mass is 224 g/mol. The number of nitriles is 1. The van der Waals surface area contributed by atoms with Crippen LogP contribution in [0.2, 0.25) is 0 Å². The standard InChI is InChI=1S/C9H12N4OS/c1-13(4-2-3-10)8(14)5-7-6-15-9(11)12-7/h6H,2,4-5H2,1H3,(H2,11,12). The highest BCUT2D eigenvalue weighted by Gasteiger charge is 2.10. The minimum absolute atomic E-state index is 0.0458. The van der Waals surface area contributed by atoms with Crippen LogP contribution in [0.3, 0.4) is 0 Å². The normalized spacial score (nSPS) is 9.60. The van der Waals surface area contributed by atoms with Crippen LogP contribution in [-0.4, -0.2) is 29.4 Å². The first kappa shape index (κ1) is 11.5. The van der Waals surface area contributed by atoms with E-state index in [1.165, 1.54) is 16.2 Å². The van der Waals surface area contributed by atoms with Gasteiger partial charge in [0.25, 0.3) is 0 Å². The quantitative estimate of drug-likeness (QED) is 0.813. The summed E-state index contributed by atoms with van der Waals surface area (Å²) in [6, 6.07) is 1.99. The third-order valence-corrected chi connectivity index (χ3v) is 2.61. The molecule has 1 heterocycles. The Morgan fingerprint density at radius 2 is 2.53 bits per heavy atom. The third-order valence-electron chi connectivity index (χ3n) is 1.89. The summed E-state index contributed by atoms with van der Waals surface area (Å²) in [5, 5.41) is 10.6. The van der Waals surface area contributed by atoms with Crippen molar-refractivity contribution in [1.29, 1.82) is 5.26 Å². The van der Waals surface area contributed by atoms with Crippen LogP contribution in [0, 0.1) is 11.3 Å². The third kappa shape index (κ3) is 3.56. The smallest absolute Gasteiger partial charge is 0.228 e. The molecular weight excluding hydrogens is 212 g/mol. The van der Waals surface area contributed by atoms with Crippen LogP contribution in [0.5, 0.6) is 0 Å². The van der Waals surface area contributed by atoms with E-state index in [4.69, 9.17) is 11.0 Å². The van der Waals surface area contributed by atoms with Crippen molar-refractivity contribution in [3.05, 3.63) is 11.1 Å². The first-order valence-corrected chi connectivity index (χ1v) is 5.32. The molecule has 15 heavy (non-hydrogen) atoms. The first-order valence-electron chi connectivity index (χ1n) is 4.44. The molecule has 2 N–H and O–H groups in total. The zero-order chi connectivity index (χ0) is 11.3. The van der Waals surface area contributed by atoms with Gasteiger partial charge in [-0.05, 0) is 0 Å². The highest BCUT2D eigenvalue weighted by Crippen LogP contribution is 2.11. The predicted octanol–water partition coefficient (Wildman–Crippen LogP) is 0.640. The van der Waals surface area contributed by atoms with Crippen LogP contribution in [0.25, 0.3) is 0 Å². The van der Waals surface area contributed by atoms with E-state index in [-0.39, 0.29) is 12.3 Å². The van der Waals surface area contributed by atoms with Crippen LogP contribution in [0.15, 0.2) is 5.38 Å². The van der Waals surface area contributed by atoms with E-state index in [0.717, 1.165) is 0 Å². The van der Waals surface area contributed by atoms with Gasteiger partial charge >= 0.3 is 0 Å². The van der Waals surface area contributed by atoms with E-state index in [2.05, 4.69) is 4.98 Å². The highest BCUT2D eigenvalue weighted by atomic mass is 32.1. The van der Waals surface area contributed by atoms with Crippen molar-refractivity contribution in [1.82, 2.24) is 9.88 Å². The average Bonchev–Trinajstić information content (AvgIpc) is 2.60. The van der Waals surface area contributed by atoms with Crippen LogP contribution in [0.1, 0.15) is 12.1 Å². The topological polar surface area (TPSA) is 83.0 Å².